The second-order valence-corrected chi connectivity index (χ2v) is 5.27. The summed E-state index contributed by atoms with van der Waals surface area (Å²) in [5, 5.41) is 7.00. The Morgan fingerprint density at radius 3 is 2.85 bits per heavy atom. The average molecular weight is 340 g/mol. The molecule has 0 unspecified atom stereocenters. The Bertz CT molecular complexity index is 593. The van der Waals surface area contributed by atoms with Gasteiger partial charge in [0.25, 0.3) is 5.91 Å². The minimum absolute atomic E-state index is 0.0742. The van der Waals surface area contributed by atoms with Crippen LogP contribution in [0.5, 0.6) is 0 Å². The molecule has 0 fully saturated rings. The van der Waals surface area contributed by atoms with Gasteiger partial charge in [0.2, 0.25) is 0 Å². The van der Waals surface area contributed by atoms with E-state index in [2.05, 4.69) is 26.3 Å². The summed E-state index contributed by atoms with van der Waals surface area (Å²) >= 11 is 3.39. The molecule has 1 aromatic carbocycles. The molecular formula is C14H15BrFN3O. The van der Waals surface area contributed by atoms with Crippen molar-refractivity contribution >= 4 is 21.8 Å². The summed E-state index contributed by atoms with van der Waals surface area (Å²) in [5.41, 5.74) is 1.01. The van der Waals surface area contributed by atoms with E-state index in [9.17, 15) is 9.18 Å². The van der Waals surface area contributed by atoms with Gasteiger partial charge in [0.1, 0.15) is 5.82 Å². The number of carbonyl (C=O) groups excluding carboxylic acids is 1. The fourth-order valence-electron chi connectivity index (χ4n) is 1.79. The summed E-state index contributed by atoms with van der Waals surface area (Å²) in [4.78, 5) is 11.8. The van der Waals surface area contributed by atoms with Crippen LogP contribution in [0.25, 0.3) is 0 Å². The third kappa shape index (κ3) is 3.66. The molecular weight excluding hydrogens is 325 g/mol. The van der Waals surface area contributed by atoms with Gasteiger partial charge >= 0.3 is 0 Å². The summed E-state index contributed by atoms with van der Waals surface area (Å²) in [7, 11) is 0. The monoisotopic (exact) mass is 339 g/mol. The predicted octanol–water partition coefficient (Wildman–Crippen LogP) is 2.91. The first kappa shape index (κ1) is 14.7. The van der Waals surface area contributed by atoms with Crippen LogP contribution in [-0.2, 0) is 6.54 Å². The predicted molar refractivity (Wildman–Crippen MR) is 78.0 cm³/mol. The van der Waals surface area contributed by atoms with Crippen molar-refractivity contribution in [3.05, 3.63) is 52.0 Å². The third-order valence-corrected chi connectivity index (χ3v) is 3.63. The first-order valence-corrected chi connectivity index (χ1v) is 7.09. The second kappa shape index (κ2) is 6.65. The number of nitrogens with zero attached hydrogens (tertiary/aromatic N) is 2. The number of carbonyl (C=O) groups is 1. The van der Waals surface area contributed by atoms with Crippen molar-refractivity contribution < 1.29 is 9.18 Å². The molecule has 1 N–H and O–H groups in total. The van der Waals surface area contributed by atoms with Gasteiger partial charge in [0, 0.05) is 19.3 Å². The lowest BCUT2D eigenvalue weighted by Crippen LogP contribution is -2.26. The Morgan fingerprint density at radius 2 is 2.20 bits per heavy atom. The van der Waals surface area contributed by atoms with E-state index in [4.69, 9.17) is 0 Å². The Balaban J connectivity index is 1.79. The average Bonchev–Trinajstić information content (AvgIpc) is 2.74. The normalized spacial score (nSPS) is 10.6. The lowest BCUT2D eigenvalue weighted by molar-refractivity contribution is 0.0948. The number of benzene rings is 1. The minimum Gasteiger partial charge on any atom is -0.352 e. The fraction of sp³-hybridized carbons (Fsp3) is 0.286. The van der Waals surface area contributed by atoms with Gasteiger partial charge in [0.15, 0.2) is 0 Å². The lowest BCUT2D eigenvalue weighted by atomic mass is 10.2. The first-order valence-electron chi connectivity index (χ1n) is 6.30. The van der Waals surface area contributed by atoms with Crippen LogP contribution in [0, 0.1) is 12.7 Å². The zero-order valence-electron chi connectivity index (χ0n) is 11.1. The summed E-state index contributed by atoms with van der Waals surface area (Å²) < 4.78 is 16.2. The van der Waals surface area contributed by atoms with Gasteiger partial charge in [-0.3, -0.25) is 9.48 Å². The zero-order chi connectivity index (χ0) is 14.5. The van der Waals surface area contributed by atoms with Gasteiger partial charge in [-0.1, -0.05) is 12.1 Å². The molecule has 0 aliphatic rings. The third-order valence-electron chi connectivity index (χ3n) is 2.85. The Hall–Kier alpha value is -1.69. The molecule has 0 aliphatic heterocycles. The summed E-state index contributed by atoms with van der Waals surface area (Å²) in [6.45, 7) is 3.09. The smallest absolute Gasteiger partial charge is 0.254 e. The molecule has 20 heavy (non-hydrogen) atoms. The summed E-state index contributed by atoms with van der Waals surface area (Å²) in [5.74, 6) is -0.891. The van der Waals surface area contributed by atoms with E-state index in [1.165, 1.54) is 12.1 Å². The number of aromatic nitrogens is 2. The molecule has 1 aromatic heterocycles. The number of hydrogen-bond acceptors (Lipinski definition) is 2. The largest absolute Gasteiger partial charge is 0.352 e. The maximum atomic E-state index is 13.4. The number of nitrogens with one attached hydrogen (secondary N) is 1. The molecule has 0 saturated carbocycles. The highest BCUT2D eigenvalue weighted by Crippen LogP contribution is 2.13. The molecule has 1 amide bonds. The Morgan fingerprint density at radius 1 is 1.45 bits per heavy atom. The lowest BCUT2D eigenvalue weighted by Gasteiger charge is -2.06. The molecule has 6 heteroatoms. The number of aryl methyl sites for hydroxylation is 2. The molecule has 0 atom stereocenters. The molecule has 0 aliphatic carbocycles. The number of rotatable bonds is 5. The van der Waals surface area contributed by atoms with Crippen LogP contribution < -0.4 is 5.32 Å². The van der Waals surface area contributed by atoms with Gasteiger partial charge in [-0.25, -0.2) is 4.39 Å². The van der Waals surface area contributed by atoms with Crippen LogP contribution in [0.2, 0.25) is 0 Å². The van der Waals surface area contributed by atoms with Crippen molar-refractivity contribution in [1.82, 2.24) is 15.1 Å². The van der Waals surface area contributed by atoms with Gasteiger partial charge < -0.3 is 5.32 Å². The minimum atomic E-state index is -0.503. The van der Waals surface area contributed by atoms with E-state index >= 15 is 0 Å². The molecule has 0 saturated heterocycles. The highest BCUT2D eigenvalue weighted by molar-refractivity contribution is 9.10. The molecule has 0 radical (unpaired) electrons. The molecule has 0 bridgehead atoms. The molecule has 1 heterocycles. The van der Waals surface area contributed by atoms with Crippen molar-refractivity contribution in [3.8, 4) is 0 Å². The van der Waals surface area contributed by atoms with Crippen molar-refractivity contribution in [2.75, 3.05) is 6.54 Å². The summed E-state index contributed by atoms with van der Waals surface area (Å²) in [6, 6.07) is 5.95. The van der Waals surface area contributed by atoms with E-state index in [1.54, 1.807) is 12.1 Å². The summed E-state index contributed by atoms with van der Waals surface area (Å²) in [6.07, 6.45) is 2.63. The van der Waals surface area contributed by atoms with Crippen LogP contribution in [0.15, 0.2) is 34.9 Å². The second-order valence-electron chi connectivity index (χ2n) is 4.41. The van der Waals surface area contributed by atoms with E-state index in [1.807, 2.05) is 17.8 Å². The van der Waals surface area contributed by atoms with Crippen LogP contribution in [0.3, 0.4) is 0 Å². The van der Waals surface area contributed by atoms with Crippen molar-refractivity contribution in [2.24, 2.45) is 0 Å². The highest BCUT2D eigenvalue weighted by atomic mass is 79.9. The molecule has 106 valence electrons. The van der Waals surface area contributed by atoms with Crippen molar-refractivity contribution in [3.63, 3.8) is 0 Å². The standard InChI is InChI=1S/C14H15BrFN3O/c1-10-12(15)9-19(18-10)8-4-7-17-14(20)11-5-2-3-6-13(11)16/h2-3,5-6,9H,4,7-8H2,1H3,(H,17,20). The molecule has 2 rings (SSSR count). The van der Waals surface area contributed by atoms with E-state index in [0.29, 0.717) is 13.1 Å². The van der Waals surface area contributed by atoms with E-state index in [0.717, 1.165) is 16.6 Å². The Labute approximate surface area is 125 Å². The van der Waals surface area contributed by atoms with Gasteiger partial charge in [-0.2, -0.15) is 5.10 Å². The van der Waals surface area contributed by atoms with Crippen molar-refractivity contribution in [1.29, 1.82) is 0 Å². The molecule has 0 spiro atoms. The van der Waals surface area contributed by atoms with Crippen molar-refractivity contribution in [2.45, 2.75) is 19.9 Å². The first-order chi connectivity index (χ1) is 9.58. The SMILES string of the molecule is Cc1nn(CCCNC(=O)c2ccccc2F)cc1Br. The fourth-order valence-corrected chi connectivity index (χ4v) is 2.11. The number of amides is 1. The van der Waals surface area contributed by atoms with Crippen LogP contribution in [0.4, 0.5) is 4.39 Å². The quantitative estimate of drug-likeness (QED) is 0.851. The van der Waals surface area contributed by atoms with Gasteiger partial charge in [-0.05, 0) is 41.4 Å². The zero-order valence-corrected chi connectivity index (χ0v) is 12.7. The van der Waals surface area contributed by atoms with E-state index < -0.39 is 5.82 Å². The molecule has 2 aromatic rings. The highest BCUT2D eigenvalue weighted by Gasteiger charge is 2.09. The molecule has 4 nitrogen and oxygen atoms in total. The maximum Gasteiger partial charge on any atom is 0.254 e. The maximum absolute atomic E-state index is 13.4. The number of halogens is 2. The van der Waals surface area contributed by atoms with Crippen LogP contribution >= 0.6 is 15.9 Å². The van der Waals surface area contributed by atoms with E-state index in [-0.39, 0.29) is 11.5 Å². The topological polar surface area (TPSA) is 46.9 Å². The van der Waals surface area contributed by atoms with Crippen LogP contribution in [-0.4, -0.2) is 22.2 Å². The Kier molecular flexibility index (Phi) is 4.89. The van der Waals surface area contributed by atoms with Crippen LogP contribution in [0.1, 0.15) is 22.5 Å². The number of hydrogen-bond donors (Lipinski definition) is 1. The van der Waals surface area contributed by atoms with Gasteiger partial charge in [0.05, 0.1) is 15.7 Å². The van der Waals surface area contributed by atoms with Gasteiger partial charge in [-0.15, -0.1) is 0 Å².